The number of piperidine rings is 1. The number of carbonyl (C=O) groups is 4. The second-order valence-corrected chi connectivity index (χ2v) is 13.6. The minimum Gasteiger partial charge on any atom is -0.351 e. The van der Waals surface area contributed by atoms with Gasteiger partial charge in [-0.3, -0.25) is 24.1 Å². The van der Waals surface area contributed by atoms with Crippen molar-refractivity contribution in [1.29, 1.82) is 0 Å². The minimum atomic E-state index is -0.650. The van der Waals surface area contributed by atoms with Gasteiger partial charge in [-0.1, -0.05) is 72.8 Å². The van der Waals surface area contributed by atoms with Crippen LogP contribution in [0.2, 0.25) is 0 Å². The predicted octanol–water partition coefficient (Wildman–Crippen LogP) is 2.48. The largest absolute Gasteiger partial charge is 0.351 e. The van der Waals surface area contributed by atoms with Crippen molar-refractivity contribution in [3.8, 4) is 0 Å². The van der Waals surface area contributed by atoms with E-state index in [0.717, 1.165) is 37.1 Å². The van der Waals surface area contributed by atoms with E-state index in [2.05, 4.69) is 33.0 Å². The molecule has 0 saturated carbocycles. The molecule has 0 aliphatic carbocycles. The zero-order valence-electron chi connectivity index (χ0n) is 27.2. The van der Waals surface area contributed by atoms with E-state index in [1.807, 2.05) is 65.6 Å². The van der Waals surface area contributed by atoms with Crippen molar-refractivity contribution < 1.29 is 19.2 Å². The maximum Gasteiger partial charge on any atom is 0.254 e. The Bertz CT molecular complexity index is 1630. The number of hydrogen-bond acceptors (Lipinski definition) is 6. The Morgan fingerprint density at radius 1 is 0.792 bits per heavy atom. The van der Waals surface area contributed by atoms with E-state index in [1.54, 1.807) is 17.0 Å². The van der Waals surface area contributed by atoms with Crippen molar-refractivity contribution in [2.75, 3.05) is 26.2 Å². The van der Waals surface area contributed by atoms with Crippen LogP contribution in [0.15, 0.2) is 84.9 Å². The Morgan fingerprint density at radius 2 is 1.48 bits per heavy atom. The van der Waals surface area contributed by atoms with E-state index in [9.17, 15) is 19.2 Å². The quantitative estimate of drug-likeness (QED) is 0.401. The van der Waals surface area contributed by atoms with Crippen molar-refractivity contribution in [3.63, 3.8) is 0 Å². The van der Waals surface area contributed by atoms with Gasteiger partial charge in [0.1, 0.15) is 6.04 Å². The number of rotatable bonds is 4. The normalized spacial score (nSPS) is 26.7. The smallest absolute Gasteiger partial charge is 0.254 e. The van der Waals surface area contributed by atoms with Gasteiger partial charge in [0.15, 0.2) is 0 Å². The van der Waals surface area contributed by atoms with E-state index in [-0.39, 0.29) is 60.8 Å². The molecule has 5 aliphatic rings. The summed E-state index contributed by atoms with van der Waals surface area (Å²) in [5, 5.41) is 10.0. The van der Waals surface area contributed by atoms with Gasteiger partial charge in [-0.2, -0.15) is 0 Å². The molecule has 10 nitrogen and oxygen atoms in total. The molecule has 4 atom stereocenters. The first-order valence-corrected chi connectivity index (χ1v) is 17.2. The molecule has 5 aliphatic heterocycles. The highest BCUT2D eigenvalue weighted by Gasteiger charge is 2.45. The molecular weight excluding hydrogens is 604 g/mol. The molecule has 5 heterocycles. The molecule has 0 aromatic heterocycles. The highest BCUT2D eigenvalue weighted by molar-refractivity contribution is 5.98. The van der Waals surface area contributed by atoms with Gasteiger partial charge in [-0.05, 0) is 54.5 Å². The van der Waals surface area contributed by atoms with E-state index < -0.39 is 6.04 Å². The number of fused-ring (bicyclic) bond motifs is 6. The van der Waals surface area contributed by atoms with Crippen molar-refractivity contribution >= 4 is 23.6 Å². The average Bonchev–Trinajstić information content (AvgIpc) is 3.75. The SMILES string of the molecule is O=C1Cc2ccccc2CNC(=O)[C@@H]2C[C@H](NCc3ccccc3)CN2C2CCN(CC2)C(=O)[C@@H]2C[C@H](CN2C(=O)c2ccccc2)N1. The molecule has 48 heavy (non-hydrogen) atoms. The van der Waals surface area contributed by atoms with Crippen LogP contribution in [0.1, 0.15) is 52.7 Å². The van der Waals surface area contributed by atoms with Crippen molar-refractivity contribution in [2.45, 2.75) is 75.4 Å². The standard InChI is InChI=1S/C38H44N6O4/c45-35-19-28-13-7-8-14-29(28)23-40-36(46)33-20-30(39-22-26-9-3-1-4-10-26)24-43(33)32-15-17-42(18-16-32)38(48)34-21-31(41-35)25-44(34)37(47)27-11-5-2-6-12-27/h1-14,30-34,39H,15-25H2,(H,40,46)(H,41,45)/t30-,31+,33-,34-/m0/s1. The van der Waals surface area contributed by atoms with Gasteiger partial charge in [-0.15, -0.1) is 0 Å². The molecule has 4 amide bonds. The summed E-state index contributed by atoms with van der Waals surface area (Å²) in [6, 6.07) is 26.1. The van der Waals surface area contributed by atoms with Crippen LogP contribution in [0.4, 0.5) is 0 Å². The highest BCUT2D eigenvalue weighted by Crippen LogP contribution is 2.30. The van der Waals surface area contributed by atoms with Gasteiger partial charge in [0.05, 0.1) is 12.5 Å². The molecular formula is C38H44N6O4. The summed E-state index contributed by atoms with van der Waals surface area (Å²) in [5.41, 5.74) is 3.48. The summed E-state index contributed by atoms with van der Waals surface area (Å²) in [5.74, 6) is -0.448. The molecule has 0 spiro atoms. The number of benzene rings is 3. The summed E-state index contributed by atoms with van der Waals surface area (Å²) >= 11 is 0. The predicted molar refractivity (Wildman–Crippen MR) is 182 cm³/mol. The lowest BCUT2D eigenvalue weighted by atomic mass is 10.00. The van der Waals surface area contributed by atoms with E-state index in [4.69, 9.17) is 0 Å². The van der Waals surface area contributed by atoms with Crippen LogP contribution < -0.4 is 16.0 Å². The molecule has 250 valence electrons. The first-order valence-electron chi connectivity index (χ1n) is 17.2. The number of amides is 4. The van der Waals surface area contributed by atoms with E-state index in [1.165, 1.54) is 5.56 Å². The van der Waals surface area contributed by atoms with Gasteiger partial charge in [0.25, 0.3) is 5.91 Å². The van der Waals surface area contributed by atoms with E-state index >= 15 is 0 Å². The van der Waals surface area contributed by atoms with Gasteiger partial charge < -0.3 is 25.8 Å². The maximum atomic E-state index is 14.1. The lowest BCUT2D eigenvalue weighted by Gasteiger charge is -2.40. The third-order valence-electron chi connectivity index (χ3n) is 10.5. The zero-order valence-corrected chi connectivity index (χ0v) is 27.2. The fraction of sp³-hybridized carbons (Fsp3) is 0.421. The summed E-state index contributed by atoms with van der Waals surface area (Å²) in [7, 11) is 0. The summed E-state index contributed by atoms with van der Waals surface area (Å²) in [4.78, 5) is 61.0. The molecule has 10 heteroatoms. The van der Waals surface area contributed by atoms with Crippen LogP contribution >= 0.6 is 0 Å². The van der Waals surface area contributed by atoms with Gasteiger partial charge in [-0.25, -0.2) is 0 Å². The molecule has 8 rings (SSSR count). The van der Waals surface area contributed by atoms with Gasteiger partial charge in [0, 0.05) is 63.0 Å². The number of nitrogens with zero attached hydrogens (tertiary/aromatic N) is 3. The molecule has 0 unspecified atom stereocenters. The van der Waals surface area contributed by atoms with Crippen LogP contribution in [-0.4, -0.2) is 94.7 Å². The van der Waals surface area contributed by atoms with Crippen molar-refractivity contribution in [2.24, 2.45) is 0 Å². The average molecular weight is 649 g/mol. The Labute approximate surface area is 281 Å². The lowest BCUT2D eigenvalue weighted by molar-refractivity contribution is -0.137. The number of likely N-dealkylation sites (tertiary alicyclic amines) is 1. The maximum absolute atomic E-state index is 14.1. The molecule has 3 fully saturated rings. The van der Waals surface area contributed by atoms with Crippen LogP contribution in [0, 0.1) is 0 Å². The Kier molecular flexibility index (Phi) is 9.54. The Hall–Kier alpha value is -4.54. The summed E-state index contributed by atoms with van der Waals surface area (Å²) in [6.45, 7) is 3.22. The molecule has 3 aromatic carbocycles. The molecule has 0 radical (unpaired) electrons. The van der Waals surface area contributed by atoms with Crippen LogP contribution in [0.25, 0.3) is 0 Å². The molecule has 3 aromatic rings. The number of hydrogen-bond donors (Lipinski definition) is 3. The first kappa shape index (κ1) is 32.0. The van der Waals surface area contributed by atoms with Crippen LogP contribution in [0.5, 0.6) is 0 Å². The van der Waals surface area contributed by atoms with Crippen molar-refractivity contribution in [1.82, 2.24) is 30.7 Å². The van der Waals surface area contributed by atoms with Crippen LogP contribution in [-0.2, 0) is 33.9 Å². The third-order valence-corrected chi connectivity index (χ3v) is 10.5. The molecule has 3 saturated heterocycles. The van der Waals surface area contributed by atoms with Crippen molar-refractivity contribution in [3.05, 3.63) is 107 Å². The van der Waals surface area contributed by atoms with E-state index in [0.29, 0.717) is 38.0 Å². The molecule has 4 bridgehead atoms. The Morgan fingerprint density at radius 3 is 2.23 bits per heavy atom. The second-order valence-electron chi connectivity index (χ2n) is 13.6. The number of nitrogens with one attached hydrogen (secondary N) is 3. The number of carbonyl (C=O) groups excluding carboxylic acids is 4. The fourth-order valence-corrected chi connectivity index (χ4v) is 7.96. The second kappa shape index (κ2) is 14.3. The topological polar surface area (TPSA) is 114 Å². The summed E-state index contributed by atoms with van der Waals surface area (Å²) in [6.07, 6.45) is 2.72. The molecule has 3 N–H and O–H groups in total. The highest BCUT2D eigenvalue weighted by atomic mass is 16.2. The fourth-order valence-electron chi connectivity index (χ4n) is 7.96. The minimum absolute atomic E-state index is 0.00833. The summed E-state index contributed by atoms with van der Waals surface area (Å²) < 4.78 is 0. The Balaban J connectivity index is 1.14. The monoisotopic (exact) mass is 648 g/mol. The van der Waals surface area contributed by atoms with Gasteiger partial charge in [0.2, 0.25) is 17.7 Å². The van der Waals surface area contributed by atoms with Crippen LogP contribution in [0.3, 0.4) is 0 Å². The first-order chi connectivity index (χ1) is 23.4. The third kappa shape index (κ3) is 7.00. The zero-order chi connectivity index (χ0) is 33.0. The lowest BCUT2D eigenvalue weighted by Crippen LogP contribution is -2.54. The van der Waals surface area contributed by atoms with Gasteiger partial charge >= 0.3 is 0 Å².